The van der Waals surface area contributed by atoms with E-state index in [0.717, 1.165) is 17.7 Å². The second kappa shape index (κ2) is 6.15. The van der Waals surface area contributed by atoms with Gasteiger partial charge in [-0.1, -0.05) is 25.1 Å². The van der Waals surface area contributed by atoms with E-state index in [4.69, 9.17) is 0 Å². The SMILES string of the molecule is CCNC(c1ccc(S(C)(=O)=O)cc1)c1cccnc1. The second-order valence-corrected chi connectivity index (χ2v) is 6.63. The number of benzene rings is 1. The van der Waals surface area contributed by atoms with E-state index < -0.39 is 9.84 Å². The molecule has 0 radical (unpaired) electrons. The van der Waals surface area contributed by atoms with Gasteiger partial charge in [0.15, 0.2) is 9.84 Å². The minimum atomic E-state index is -3.15. The van der Waals surface area contributed by atoms with Crippen molar-refractivity contribution < 1.29 is 8.42 Å². The Hall–Kier alpha value is -1.72. The number of pyridine rings is 1. The number of rotatable bonds is 5. The van der Waals surface area contributed by atoms with Gasteiger partial charge in [-0.3, -0.25) is 4.98 Å². The molecular weight excluding hydrogens is 272 g/mol. The van der Waals surface area contributed by atoms with Gasteiger partial charge >= 0.3 is 0 Å². The summed E-state index contributed by atoms with van der Waals surface area (Å²) in [6.45, 7) is 2.85. The lowest BCUT2D eigenvalue weighted by Gasteiger charge is -2.18. The van der Waals surface area contributed by atoms with E-state index in [-0.39, 0.29) is 6.04 Å². The van der Waals surface area contributed by atoms with Crippen LogP contribution in [0.5, 0.6) is 0 Å². The van der Waals surface area contributed by atoms with Crippen LogP contribution in [-0.2, 0) is 9.84 Å². The monoisotopic (exact) mass is 290 g/mol. The maximum absolute atomic E-state index is 11.5. The maximum Gasteiger partial charge on any atom is 0.175 e. The largest absolute Gasteiger partial charge is 0.306 e. The number of hydrogen-bond donors (Lipinski definition) is 1. The summed E-state index contributed by atoms with van der Waals surface area (Å²) >= 11 is 0. The first kappa shape index (κ1) is 14.7. The van der Waals surface area contributed by atoms with E-state index in [0.29, 0.717) is 4.90 Å². The molecule has 0 aliphatic carbocycles. The molecule has 1 aromatic carbocycles. The zero-order valence-electron chi connectivity index (χ0n) is 11.6. The number of hydrogen-bond acceptors (Lipinski definition) is 4. The lowest BCUT2D eigenvalue weighted by atomic mass is 10.0. The molecule has 0 aliphatic rings. The van der Waals surface area contributed by atoms with Crippen LogP contribution in [0.1, 0.15) is 24.1 Å². The van der Waals surface area contributed by atoms with Crippen LogP contribution in [0.15, 0.2) is 53.7 Å². The molecule has 1 N–H and O–H groups in total. The van der Waals surface area contributed by atoms with Crippen LogP contribution in [0.4, 0.5) is 0 Å². The quantitative estimate of drug-likeness (QED) is 0.917. The highest BCUT2D eigenvalue weighted by Gasteiger charge is 2.14. The molecule has 1 heterocycles. The highest BCUT2D eigenvalue weighted by molar-refractivity contribution is 7.90. The van der Waals surface area contributed by atoms with Crippen LogP contribution in [0.3, 0.4) is 0 Å². The lowest BCUT2D eigenvalue weighted by Crippen LogP contribution is -2.22. The second-order valence-electron chi connectivity index (χ2n) is 4.62. The highest BCUT2D eigenvalue weighted by Crippen LogP contribution is 2.22. The maximum atomic E-state index is 11.5. The lowest BCUT2D eigenvalue weighted by molar-refractivity contribution is 0.601. The highest BCUT2D eigenvalue weighted by atomic mass is 32.2. The average Bonchev–Trinajstić information content (AvgIpc) is 2.45. The van der Waals surface area contributed by atoms with Crippen LogP contribution in [0, 0.1) is 0 Å². The fraction of sp³-hybridized carbons (Fsp3) is 0.267. The third-order valence-corrected chi connectivity index (χ3v) is 4.20. The molecule has 106 valence electrons. The van der Waals surface area contributed by atoms with Gasteiger partial charge in [-0.25, -0.2) is 8.42 Å². The van der Waals surface area contributed by atoms with E-state index in [1.165, 1.54) is 6.26 Å². The standard InChI is InChI=1S/C15H18N2O2S/c1-3-17-15(13-5-4-10-16-11-13)12-6-8-14(9-7-12)20(2,18)19/h4-11,15,17H,3H2,1-2H3. The van der Waals surface area contributed by atoms with E-state index in [1.54, 1.807) is 18.3 Å². The van der Waals surface area contributed by atoms with Crippen molar-refractivity contribution >= 4 is 9.84 Å². The van der Waals surface area contributed by atoms with Gasteiger partial charge in [0.25, 0.3) is 0 Å². The molecule has 0 bridgehead atoms. The molecule has 2 rings (SSSR count). The van der Waals surface area contributed by atoms with Crippen LogP contribution in [0.25, 0.3) is 0 Å². The predicted molar refractivity (Wildman–Crippen MR) is 79.3 cm³/mol. The average molecular weight is 290 g/mol. The number of nitrogens with zero attached hydrogens (tertiary/aromatic N) is 1. The zero-order valence-corrected chi connectivity index (χ0v) is 12.4. The van der Waals surface area contributed by atoms with Gasteiger partial charge in [-0.2, -0.15) is 0 Å². The summed E-state index contributed by atoms with van der Waals surface area (Å²) in [7, 11) is -3.15. The Labute approximate surface area is 119 Å². The predicted octanol–water partition coefficient (Wildman–Crippen LogP) is 2.18. The van der Waals surface area contributed by atoms with Crippen molar-refractivity contribution in [3.05, 3.63) is 59.9 Å². The van der Waals surface area contributed by atoms with Crippen LogP contribution < -0.4 is 5.32 Å². The summed E-state index contributed by atoms with van der Waals surface area (Å²) in [5, 5.41) is 3.38. The van der Waals surface area contributed by atoms with Crippen molar-refractivity contribution in [1.29, 1.82) is 0 Å². The van der Waals surface area contributed by atoms with Gasteiger partial charge in [-0.15, -0.1) is 0 Å². The molecule has 0 saturated heterocycles. The van der Waals surface area contributed by atoms with Crippen molar-refractivity contribution in [2.75, 3.05) is 12.8 Å². The molecule has 1 aromatic heterocycles. The molecule has 5 heteroatoms. The smallest absolute Gasteiger partial charge is 0.175 e. The summed E-state index contributed by atoms with van der Waals surface area (Å²) in [6.07, 6.45) is 4.77. The minimum absolute atomic E-state index is 0.0160. The van der Waals surface area contributed by atoms with Gasteiger partial charge in [0.2, 0.25) is 0 Å². The number of sulfone groups is 1. The Balaban J connectivity index is 2.36. The summed E-state index contributed by atoms with van der Waals surface area (Å²) in [6, 6.07) is 10.9. The molecule has 1 unspecified atom stereocenters. The molecule has 0 amide bonds. The Kier molecular flexibility index (Phi) is 4.52. The normalized spacial score (nSPS) is 13.1. The first-order valence-electron chi connectivity index (χ1n) is 6.45. The molecule has 2 aromatic rings. The van der Waals surface area contributed by atoms with Gasteiger partial charge < -0.3 is 5.32 Å². The Morgan fingerprint density at radius 2 is 1.85 bits per heavy atom. The molecule has 0 saturated carbocycles. The zero-order chi connectivity index (χ0) is 14.6. The van der Waals surface area contributed by atoms with Crippen molar-refractivity contribution in [3.8, 4) is 0 Å². The van der Waals surface area contributed by atoms with E-state index in [1.807, 2.05) is 37.4 Å². The van der Waals surface area contributed by atoms with Crippen molar-refractivity contribution in [2.24, 2.45) is 0 Å². The third kappa shape index (κ3) is 3.43. The first-order chi connectivity index (χ1) is 9.52. The minimum Gasteiger partial charge on any atom is -0.306 e. The summed E-state index contributed by atoms with van der Waals surface area (Å²) in [4.78, 5) is 4.47. The van der Waals surface area contributed by atoms with Gasteiger partial charge in [0.05, 0.1) is 10.9 Å². The number of aromatic nitrogens is 1. The first-order valence-corrected chi connectivity index (χ1v) is 8.35. The fourth-order valence-electron chi connectivity index (χ4n) is 2.09. The van der Waals surface area contributed by atoms with Crippen molar-refractivity contribution in [1.82, 2.24) is 10.3 Å². The Morgan fingerprint density at radius 3 is 2.35 bits per heavy atom. The summed E-state index contributed by atoms with van der Waals surface area (Å²) < 4.78 is 23.0. The Morgan fingerprint density at radius 1 is 1.15 bits per heavy atom. The van der Waals surface area contributed by atoms with Crippen LogP contribution >= 0.6 is 0 Å². The van der Waals surface area contributed by atoms with Crippen LogP contribution in [0.2, 0.25) is 0 Å². The van der Waals surface area contributed by atoms with Crippen molar-refractivity contribution in [3.63, 3.8) is 0 Å². The van der Waals surface area contributed by atoms with Gasteiger partial charge in [-0.05, 0) is 35.9 Å². The summed E-state index contributed by atoms with van der Waals surface area (Å²) in [5.74, 6) is 0. The molecule has 1 atom stereocenters. The topological polar surface area (TPSA) is 59.1 Å². The summed E-state index contributed by atoms with van der Waals surface area (Å²) in [5.41, 5.74) is 2.08. The molecule has 0 spiro atoms. The Bertz CT molecular complexity index is 652. The number of nitrogens with one attached hydrogen (secondary N) is 1. The van der Waals surface area contributed by atoms with Crippen LogP contribution in [-0.4, -0.2) is 26.2 Å². The molecule has 0 aliphatic heterocycles. The van der Waals surface area contributed by atoms with Gasteiger partial charge in [0.1, 0.15) is 0 Å². The molecule has 4 nitrogen and oxygen atoms in total. The van der Waals surface area contributed by atoms with E-state index in [2.05, 4.69) is 10.3 Å². The molecule has 0 fully saturated rings. The van der Waals surface area contributed by atoms with Gasteiger partial charge in [0, 0.05) is 18.6 Å². The molecule has 20 heavy (non-hydrogen) atoms. The van der Waals surface area contributed by atoms with E-state index >= 15 is 0 Å². The van der Waals surface area contributed by atoms with Crippen molar-refractivity contribution in [2.45, 2.75) is 17.9 Å². The molecular formula is C15H18N2O2S. The van der Waals surface area contributed by atoms with E-state index in [9.17, 15) is 8.42 Å². The fourth-order valence-corrected chi connectivity index (χ4v) is 2.72. The third-order valence-electron chi connectivity index (χ3n) is 3.07.